The first-order chi connectivity index (χ1) is 40.9. The Morgan fingerprint density at radius 1 is 0.581 bits per heavy atom. The highest BCUT2D eigenvalue weighted by Crippen LogP contribution is 2.51. The number of amides is 2. The van der Waals surface area contributed by atoms with Crippen molar-refractivity contribution in [3.63, 3.8) is 0 Å². The van der Waals surface area contributed by atoms with Crippen molar-refractivity contribution in [3.05, 3.63) is 141 Å². The molecule has 12 atom stereocenters. The first kappa shape index (κ1) is 62.4. The number of nitrogens with one attached hydrogen (secondary N) is 2. The van der Waals surface area contributed by atoms with E-state index < -0.39 is 66.8 Å². The fourth-order valence-electron chi connectivity index (χ4n) is 15.1. The van der Waals surface area contributed by atoms with Gasteiger partial charge in [-0.25, -0.2) is 26.3 Å². The standard InChI is InChI=1S/2C33H41ClN2O6S/c2*1-21-5-3-14-33(39,19-37)28-10-7-25(28)17-36-18-32(13-4-6-23-15-26(34)9-11-27(23)32)20-42-30-12-8-24(16-29(30)36)31(38)35-43(40,41)22(21)2/h2*3,8-9,11-12,14-16,21-22,25,28,37,39H,4-7,10,13,17-20H2,1-2H3,(H,35,38)/b2*14-3+/t21-,22+,25-,28+,32-,33+;21-,22+,25-,28+,32-,33-/m00/s1. The van der Waals surface area contributed by atoms with Crippen LogP contribution in [0.2, 0.25) is 10.0 Å². The number of carbonyl (C=O) groups is 2. The van der Waals surface area contributed by atoms with Gasteiger partial charge in [0.15, 0.2) is 0 Å². The zero-order valence-electron chi connectivity index (χ0n) is 49.5. The number of sulfonamides is 2. The number of aliphatic hydroxyl groups is 4. The van der Waals surface area contributed by atoms with Crippen LogP contribution in [0.15, 0.2) is 97.1 Å². The van der Waals surface area contributed by atoms with Crippen molar-refractivity contribution in [2.75, 3.05) is 62.4 Å². The van der Waals surface area contributed by atoms with Gasteiger partial charge < -0.3 is 39.7 Å². The Bertz CT molecular complexity index is 3320. The molecule has 12 rings (SSSR count). The van der Waals surface area contributed by atoms with Crippen LogP contribution in [-0.2, 0) is 43.7 Å². The summed E-state index contributed by atoms with van der Waals surface area (Å²) in [6.07, 6.45) is 16.7. The second-order valence-corrected chi connectivity index (χ2v) is 31.3. The third-order valence-electron chi connectivity index (χ3n) is 21.0. The molecule has 0 aromatic heterocycles. The smallest absolute Gasteiger partial charge is 0.264 e. The van der Waals surface area contributed by atoms with E-state index in [4.69, 9.17) is 32.7 Å². The Hall–Kier alpha value is -5.18. The summed E-state index contributed by atoms with van der Waals surface area (Å²) in [5, 5.41) is 43.7. The molecule has 6 N–H and O–H groups in total. The molecule has 16 nitrogen and oxygen atoms in total. The summed E-state index contributed by atoms with van der Waals surface area (Å²) >= 11 is 12.8. The summed E-state index contributed by atoms with van der Waals surface area (Å²) in [6.45, 7) is 9.31. The van der Waals surface area contributed by atoms with Gasteiger partial charge in [0.2, 0.25) is 20.0 Å². The van der Waals surface area contributed by atoms with Gasteiger partial charge in [0.25, 0.3) is 11.8 Å². The van der Waals surface area contributed by atoms with E-state index in [0.717, 1.165) is 75.6 Å². The summed E-state index contributed by atoms with van der Waals surface area (Å²) in [6, 6.07) is 22.4. The molecule has 4 aliphatic heterocycles. The van der Waals surface area contributed by atoms with Crippen molar-refractivity contribution < 1.29 is 56.3 Å². The molecule has 464 valence electrons. The van der Waals surface area contributed by atoms with Crippen LogP contribution in [-0.4, -0.2) is 123 Å². The Labute approximate surface area is 516 Å². The maximum Gasteiger partial charge on any atom is 0.264 e. The second kappa shape index (κ2) is 24.3. The van der Waals surface area contributed by atoms with E-state index in [-0.39, 0.29) is 57.5 Å². The molecule has 20 heteroatoms. The quantitative estimate of drug-likeness (QED) is 0.103. The van der Waals surface area contributed by atoms with Crippen molar-refractivity contribution in [1.82, 2.24) is 9.44 Å². The molecule has 4 heterocycles. The second-order valence-electron chi connectivity index (χ2n) is 26.4. The zero-order chi connectivity index (χ0) is 61.1. The minimum atomic E-state index is -3.98. The van der Waals surface area contributed by atoms with Gasteiger partial charge in [-0.05, 0) is 209 Å². The van der Waals surface area contributed by atoms with Crippen LogP contribution in [0.5, 0.6) is 11.5 Å². The molecule has 2 amide bonds. The lowest BCUT2D eigenvalue weighted by Gasteiger charge is -2.48. The largest absolute Gasteiger partial charge is 0.490 e. The van der Waals surface area contributed by atoms with Crippen molar-refractivity contribution in [3.8, 4) is 11.5 Å². The summed E-state index contributed by atoms with van der Waals surface area (Å²) in [7, 11) is -7.96. The SMILES string of the molecule is C[C@@H]1[C@@H](C)C/C=C/[C@@](O)(CO)[C@@H]2CC[C@H]2CN2C[C@@]3(CCCc4cc(Cl)ccc43)COc3ccc(cc32)C(=O)NS1(=O)=O.C[C@@H]1[C@@H](C)C/C=C/[C@](O)(CO)[C@@H]2CC[C@H]2CN2C[C@@]3(CCCc4cc(Cl)ccc43)COc3ccc(cc32)C(=O)NS1(=O)=O. The highest BCUT2D eigenvalue weighted by Gasteiger charge is 2.50. The lowest BCUT2D eigenvalue weighted by Crippen LogP contribution is -2.53. The van der Waals surface area contributed by atoms with Crippen LogP contribution in [0.4, 0.5) is 11.4 Å². The lowest BCUT2D eigenvalue weighted by atomic mass is 9.64. The van der Waals surface area contributed by atoms with Crippen LogP contribution >= 0.6 is 23.2 Å². The first-order valence-electron chi connectivity index (χ1n) is 30.6. The average molecular weight is 1260 g/mol. The number of rotatable bonds is 2. The summed E-state index contributed by atoms with van der Waals surface area (Å²) in [4.78, 5) is 31.2. The first-order valence-corrected chi connectivity index (χ1v) is 34.5. The van der Waals surface area contributed by atoms with E-state index in [9.17, 15) is 46.9 Å². The lowest BCUT2D eigenvalue weighted by molar-refractivity contribution is -0.0770. The van der Waals surface area contributed by atoms with E-state index in [2.05, 4.69) is 31.4 Å². The maximum atomic E-state index is 13.4. The number of fused-ring (bicyclic) bond motifs is 8. The van der Waals surface area contributed by atoms with Gasteiger partial charge in [-0.15, -0.1) is 0 Å². The van der Waals surface area contributed by atoms with Gasteiger partial charge in [-0.2, -0.15) is 0 Å². The maximum absolute atomic E-state index is 13.4. The third-order valence-corrected chi connectivity index (χ3v) is 25.3. The normalized spacial score (nSPS) is 34.5. The van der Waals surface area contributed by atoms with E-state index >= 15 is 0 Å². The number of halogens is 2. The predicted molar refractivity (Wildman–Crippen MR) is 334 cm³/mol. The van der Waals surface area contributed by atoms with Crippen LogP contribution in [0.3, 0.4) is 0 Å². The van der Waals surface area contributed by atoms with E-state index in [0.29, 0.717) is 73.8 Å². The molecule has 2 fully saturated rings. The van der Waals surface area contributed by atoms with E-state index in [1.54, 1.807) is 88.4 Å². The van der Waals surface area contributed by atoms with E-state index in [1.165, 1.54) is 22.3 Å². The highest BCUT2D eigenvalue weighted by atomic mass is 35.5. The molecule has 0 saturated heterocycles. The number of aryl methyl sites for hydroxylation is 2. The van der Waals surface area contributed by atoms with Crippen LogP contribution in [0.1, 0.15) is 135 Å². The number of benzene rings is 4. The van der Waals surface area contributed by atoms with Gasteiger partial charge in [0.1, 0.15) is 22.7 Å². The van der Waals surface area contributed by atoms with Crippen LogP contribution in [0, 0.1) is 35.5 Å². The number of carbonyl (C=O) groups excluding carboxylic acids is 2. The molecule has 8 aliphatic rings. The van der Waals surface area contributed by atoms with Gasteiger partial charge in [-0.1, -0.05) is 73.5 Å². The summed E-state index contributed by atoms with van der Waals surface area (Å²) in [5.74, 6) is -0.849. The number of anilines is 2. The number of hydrogen-bond acceptors (Lipinski definition) is 14. The molecule has 86 heavy (non-hydrogen) atoms. The molecular formula is C66H82Cl2N4O12S2. The topological polar surface area (TPSA) is 232 Å². The van der Waals surface area contributed by atoms with Crippen molar-refractivity contribution >= 4 is 66.4 Å². The molecule has 4 bridgehead atoms. The molecular weight excluding hydrogens is 1180 g/mol. The molecule has 0 radical (unpaired) electrons. The molecule has 4 aliphatic carbocycles. The van der Waals surface area contributed by atoms with Crippen LogP contribution in [0.25, 0.3) is 0 Å². The third kappa shape index (κ3) is 12.1. The minimum Gasteiger partial charge on any atom is -0.490 e. The summed E-state index contributed by atoms with van der Waals surface area (Å²) < 4.78 is 70.4. The van der Waals surface area contributed by atoms with E-state index in [1.807, 2.05) is 24.3 Å². The van der Waals surface area contributed by atoms with Crippen LogP contribution < -0.4 is 28.7 Å². The Balaban J connectivity index is 0.000000179. The number of hydrogen-bond donors (Lipinski definition) is 6. The van der Waals surface area contributed by atoms with Gasteiger partial charge in [0, 0.05) is 58.2 Å². The number of ether oxygens (including phenoxy) is 2. The highest BCUT2D eigenvalue weighted by molar-refractivity contribution is 7.91. The van der Waals surface area contributed by atoms with Gasteiger partial charge in [0.05, 0.1) is 48.3 Å². The number of allylic oxidation sites excluding steroid dienone is 2. The Morgan fingerprint density at radius 3 is 1.36 bits per heavy atom. The molecule has 2 saturated carbocycles. The Morgan fingerprint density at radius 2 is 0.988 bits per heavy atom. The number of nitrogens with zero attached hydrogens (tertiary/aromatic N) is 2. The van der Waals surface area contributed by atoms with Crippen molar-refractivity contribution in [2.24, 2.45) is 35.5 Å². The van der Waals surface area contributed by atoms with Crippen molar-refractivity contribution in [1.29, 1.82) is 0 Å². The molecule has 4 aromatic carbocycles. The zero-order valence-corrected chi connectivity index (χ0v) is 52.7. The van der Waals surface area contributed by atoms with Crippen molar-refractivity contribution in [2.45, 2.75) is 137 Å². The molecule has 2 spiro atoms. The Kier molecular flexibility index (Phi) is 17.6. The van der Waals surface area contributed by atoms with Gasteiger partial charge >= 0.3 is 0 Å². The average Bonchev–Trinajstić information content (AvgIpc) is 1.56. The van der Waals surface area contributed by atoms with Gasteiger partial charge in [-0.3, -0.25) is 9.59 Å². The fraction of sp³-hybridized carbons (Fsp3) is 0.545. The molecule has 0 unspecified atom stereocenters. The molecule has 4 aromatic rings. The monoisotopic (exact) mass is 1260 g/mol. The summed E-state index contributed by atoms with van der Waals surface area (Å²) in [5.41, 5.74) is 3.36. The fourth-order valence-corrected chi connectivity index (χ4v) is 18.0. The minimum absolute atomic E-state index is 0.0974. The predicted octanol–water partition coefficient (Wildman–Crippen LogP) is 9.21. The number of aliphatic hydroxyl groups excluding tert-OH is 2.